The number of fused-ring (bicyclic) bond motifs is 1. The van der Waals surface area contributed by atoms with Crippen molar-refractivity contribution in [3.8, 4) is 0 Å². The van der Waals surface area contributed by atoms with Crippen molar-refractivity contribution in [1.29, 1.82) is 0 Å². The molecule has 116 valence electrons. The van der Waals surface area contributed by atoms with Gasteiger partial charge in [-0.3, -0.25) is 9.59 Å². The van der Waals surface area contributed by atoms with Crippen LogP contribution in [0.25, 0.3) is 10.9 Å². The van der Waals surface area contributed by atoms with Crippen molar-refractivity contribution in [1.82, 2.24) is 9.55 Å². The van der Waals surface area contributed by atoms with Crippen molar-refractivity contribution in [2.75, 3.05) is 0 Å². The standard InChI is InChI=1S/C15H7BrCl2N2O2S/c16-10-4-2-1-3-8(10)13(21)20-14(22)9-5-7(17)6-11(18)12(9)19-15(20)23/h1-6H,(H,19,23). The van der Waals surface area contributed by atoms with Crippen LogP contribution in [0.3, 0.4) is 0 Å². The molecule has 0 unspecified atom stereocenters. The highest BCUT2D eigenvalue weighted by molar-refractivity contribution is 9.10. The Morgan fingerprint density at radius 1 is 1.22 bits per heavy atom. The highest BCUT2D eigenvalue weighted by Crippen LogP contribution is 2.24. The van der Waals surface area contributed by atoms with E-state index in [0.717, 1.165) is 4.57 Å². The highest BCUT2D eigenvalue weighted by atomic mass is 79.9. The molecule has 3 rings (SSSR count). The van der Waals surface area contributed by atoms with Gasteiger partial charge in [-0.2, -0.15) is 0 Å². The monoisotopic (exact) mass is 428 g/mol. The quantitative estimate of drug-likeness (QED) is 0.564. The lowest BCUT2D eigenvalue weighted by molar-refractivity contribution is 0.0953. The molecule has 0 aliphatic heterocycles. The van der Waals surface area contributed by atoms with Crippen molar-refractivity contribution < 1.29 is 4.79 Å². The smallest absolute Gasteiger partial charge is 0.269 e. The lowest BCUT2D eigenvalue weighted by atomic mass is 10.2. The number of nitrogens with one attached hydrogen (secondary N) is 1. The molecular weight excluding hydrogens is 423 g/mol. The molecular formula is C15H7BrCl2N2O2S. The molecule has 4 nitrogen and oxygen atoms in total. The van der Waals surface area contributed by atoms with Crippen LogP contribution in [-0.2, 0) is 0 Å². The number of carbonyl (C=O) groups is 1. The summed E-state index contributed by atoms with van der Waals surface area (Å²) in [6.07, 6.45) is 0. The van der Waals surface area contributed by atoms with Crippen LogP contribution in [0.4, 0.5) is 0 Å². The maximum Gasteiger partial charge on any atom is 0.269 e. The molecule has 0 fully saturated rings. The van der Waals surface area contributed by atoms with E-state index in [9.17, 15) is 9.59 Å². The highest BCUT2D eigenvalue weighted by Gasteiger charge is 2.18. The van der Waals surface area contributed by atoms with E-state index in [-0.39, 0.29) is 15.2 Å². The SMILES string of the molecule is O=C(c1ccccc1Br)n1c(=S)[nH]c2c(Cl)cc(Cl)cc2c1=O. The van der Waals surface area contributed by atoms with Crippen LogP contribution in [0.5, 0.6) is 0 Å². The van der Waals surface area contributed by atoms with E-state index in [1.807, 2.05) is 0 Å². The summed E-state index contributed by atoms with van der Waals surface area (Å²) in [4.78, 5) is 28.2. The van der Waals surface area contributed by atoms with Gasteiger partial charge in [-0.05, 0) is 52.4 Å². The van der Waals surface area contributed by atoms with Gasteiger partial charge in [-0.1, -0.05) is 35.3 Å². The second-order valence-electron chi connectivity index (χ2n) is 4.67. The predicted octanol–water partition coefficient (Wildman–Crippen LogP) is 4.82. The Morgan fingerprint density at radius 3 is 2.61 bits per heavy atom. The molecule has 0 aliphatic carbocycles. The number of nitrogens with zero attached hydrogens (tertiary/aromatic N) is 1. The van der Waals surface area contributed by atoms with Crippen LogP contribution in [0.1, 0.15) is 10.4 Å². The Hall–Kier alpha value is -1.47. The van der Waals surface area contributed by atoms with Crippen LogP contribution in [0.15, 0.2) is 45.7 Å². The summed E-state index contributed by atoms with van der Waals surface area (Å²) < 4.78 is 1.42. The van der Waals surface area contributed by atoms with Crippen LogP contribution in [0.2, 0.25) is 10.0 Å². The second kappa shape index (κ2) is 6.20. The summed E-state index contributed by atoms with van der Waals surface area (Å²) in [5.41, 5.74) is 0.0951. The number of rotatable bonds is 1. The number of H-pyrrole nitrogens is 1. The Morgan fingerprint density at radius 2 is 1.91 bits per heavy atom. The topological polar surface area (TPSA) is 54.9 Å². The lowest BCUT2D eigenvalue weighted by Crippen LogP contribution is -2.29. The summed E-state index contributed by atoms with van der Waals surface area (Å²) in [5, 5.41) is 0.748. The van der Waals surface area contributed by atoms with E-state index in [1.165, 1.54) is 12.1 Å². The first-order valence-electron chi connectivity index (χ1n) is 6.33. The maximum absolute atomic E-state index is 12.7. The van der Waals surface area contributed by atoms with Gasteiger partial charge in [0.05, 0.1) is 21.5 Å². The summed E-state index contributed by atoms with van der Waals surface area (Å²) >= 11 is 20.5. The largest absolute Gasteiger partial charge is 0.330 e. The molecule has 1 aromatic heterocycles. The summed E-state index contributed by atoms with van der Waals surface area (Å²) in [5.74, 6) is -0.540. The van der Waals surface area contributed by atoms with Gasteiger partial charge in [0.2, 0.25) is 0 Å². The zero-order valence-electron chi connectivity index (χ0n) is 11.3. The molecule has 23 heavy (non-hydrogen) atoms. The molecule has 8 heteroatoms. The Kier molecular flexibility index (Phi) is 4.42. The molecule has 0 saturated heterocycles. The second-order valence-corrected chi connectivity index (χ2v) is 6.75. The van der Waals surface area contributed by atoms with E-state index in [0.29, 0.717) is 20.6 Å². The molecule has 0 atom stereocenters. The van der Waals surface area contributed by atoms with Gasteiger partial charge in [0, 0.05) is 9.50 Å². The molecule has 0 amide bonds. The first kappa shape index (κ1) is 16.4. The minimum atomic E-state index is -0.575. The van der Waals surface area contributed by atoms with Crippen molar-refractivity contribution in [2.45, 2.75) is 0 Å². The van der Waals surface area contributed by atoms with E-state index >= 15 is 0 Å². The molecule has 2 aromatic carbocycles. The van der Waals surface area contributed by atoms with Crippen molar-refractivity contribution in [3.63, 3.8) is 0 Å². The van der Waals surface area contributed by atoms with Crippen LogP contribution in [0, 0.1) is 4.77 Å². The summed E-state index contributed by atoms with van der Waals surface area (Å²) in [7, 11) is 0. The normalized spacial score (nSPS) is 10.9. The number of aromatic nitrogens is 2. The van der Waals surface area contributed by atoms with Crippen molar-refractivity contribution in [2.24, 2.45) is 0 Å². The molecule has 0 spiro atoms. The summed E-state index contributed by atoms with van der Waals surface area (Å²) in [6.45, 7) is 0. The van der Waals surface area contributed by atoms with Gasteiger partial charge in [0.1, 0.15) is 0 Å². The van der Waals surface area contributed by atoms with E-state index in [4.69, 9.17) is 35.4 Å². The van der Waals surface area contributed by atoms with Gasteiger partial charge in [-0.25, -0.2) is 4.57 Å². The minimum Gasteiger partial charge on any atom is -0.330 e. The van der Waals surface area contributed by atoms with Crippen LogP contribution >= 0.6 is 51.3 Å². The number of hydrogen-bond donors (Lipinski definition) is 1. The lowest BCUT2D eigenvalue weighted by Gasteiger charge is -2.09. The summed E-state index contributed by atoms with van der Waals surface area (Å²) in [6, 6.07) is 9.72. The van der Waals surface area contributed by atoms with Crippen LogP contribution in [-0.4, -0.2) is 15.5 Å². The number of hydrogen-bond acceptors (Lipinski definition) is 3. The van der Waals surface area contributed by atoms with Gasteiger partial charge >= 0.3 is 0 Å². The first-order chi connectivity index (χ1) is 10.9. The van der Waals surface area contributed by atoms with E-state index in [2.05, 4.69) is 20.9 Å². The zero-order chi connectivity index (χ0) is 16.7. The average Bonchev–Trinajstić information content (AvgIpc) is 2.49. The van der Waals surface area contributed by atoms with Crippen molar-refractivity contribution >= 4 is 68.2 Å². The molecule has 0 bridgehead atoms. The molecule has 1 heterocycles. The number of benzene rings is 2. The maximum atomic E-state index is 12.7. The first-order valence-corrected chi connectivity index (χ1v) is 8.29. The molecule has 1 N–H and O–H groups in total. The van der Waals surface area contributed by atoms with E-state index < -0.39 is 11.5 Å². The molecule has 0 aliphatic rings. The number of carbonyl (C=O) groups excluding carboxylic acids is 1. The van der Waals surface area contributed by atoms with Gasteiger partial charge in [0.25, 0.3) is 11.5 Å². The molecule has 0 radical (unpaired) electrons. The third-order valence-corrected chi connectivity index (χ3v) is 4.72. The fourth-order valence-corrected chi connectivity index (χ4v) is 3.45. The number of halogens is 3. The molecule has 0 saturated carbocycles. The zero-order valence-corrected chi connectivity index (χ0v) is 15.2. The fourth-order valence-electron chi connectivity index (χ4n) is 2.18. The molecule has 3 aromatic rings. The van der Waals surface area contributed by atoms with Gasteiger partial charge in [0.15, 0.2) is 4.77 Å². The fraction of sp³-hybridized carbons (Fsp3) is 0. The minimum absolute atomic E-state index is 0.0347. The van der Waals surface area contributed by atoms with Crippen molar-refractivity contribution in [3.05, 3.63) is 71.6 Å². The Balaban J connectivity index is 2.35. The van der Waals surface area contributed by atoms with Gasteiger partial charge in [-0.15, -0.1) is 0 Å². The third-order valence-electron chi connectivity index (χ3n) is 3.23. The van der Waals surface area contributed by atoms with E-state index in [1.54, 1.807) is 24.3 Å². The predicted molar refractivity (Wildman–Crippen MR) is 97.3 cm³/mol. The Labute approximate surface area is 153 Å². The average molecular weight is 430 g/mol. The third kappa shape index (κ3) is 2.87. The number of aromatic amines is 1. The van der Waals surface area contributed by atoms with Crippen LogP contribution < -0.4 is 5.56 Å². The Bertz CT molecular complexity index is 1080. The van der Waals surface area contributed by atoms with Gasteiger partial charge < -0.3 is 4.98 Å².